The zero-order valence-corrected chi connectivity index (χ0v) is 9.20. The van der Waals surface area contributed by atoms with Crippen LogP contribution in [-0.4, -0.2) is 55.9 Å². The van der Waals surface area contributed by atoms with Gasteiger partial charge < -0.3 is 15.7 Å². The molecular weight excluding hydrogens is 222 g/mol. The third kappa shape index (κ3) is 3.65. The highest BCUT2D eigenvalue weighted by molar-refractivity contribution is 7.88. The van der Waals surface area contributed by atoms with Gasteiger partial charge in [-0.3, -0.25) is 0 Å². The van der Waals surface area contributed by atoms with Crippen LogP contribution < -0.4 is 10.5 Å². The highest BCUT2D eigenvalue weighted by Crippen LogP contribution is 2.10. The number of nitrogens with zero attached hydrogens (tertiary/aromatic N) is 1. The summed E-state index contributed by atoms with van der Waals surface area (Å²) in [6.07, 6.45) is 0.432. The predicted octanol–water partition coefficient (Wildman–Crippen LogP) is -1.38. The lowest BCUT2D eigenvalue weighted by molar-refractivity contribution is 0.124. The molecule has 0 aromatic heterocycles. The van der Waals surface area contributed by atoms with Gasteiger partial charge in [0.2, 0.25) is 10.0 Å². The number of hydrogen-bond acceptors (Lipinski definition) is 4. The molecule has 1 fully saturated rings. The number of carboxylic acid groups (broad SMARTS) is 1. The number of likely N-dealkylation sites (tertiary alicyclic amines) is 1. The molecule has 88 valence electrons. The van der Waals surface area contributed by atoms with Gasteiger partial charge in [0.05, 0.1) is 12.3 Å². The summed E-state index contributed by atoms with van der Waals surface area (Å²) < 4.78 is 24.3. The van der Waals surface area contributed by atoms with Crippen LogP contribution in [0.4, 0.5) is 4.79 Å². The smallest absolute Gasteiger partial charge is 0.407 e. The van der Waals surface area contributed by atoms with Gasteiger partial charge in [0, 0.05) is 19.1 Å². The molecule has 0 aliphatic carbocycles. The van der Waals surface area contributed by atoms with Gasteiger partial charge >= 0.3 is 6.09 Å². The molecule has 1 aliphatic rings. The van der Waals surface area contributed by atoms with E-state index >= 15 is 0 Å². The van der Waals surface area contributed by atoms with Crippen LogP contribution in [0.25, 0.3) is 0 Å². The highest BCUT2D eigenvalue weighted by atomic mass is 32.2. The van der Waals surface area contributed by atoms with E-state index < -0.39 is 22.2 Å². The predicted molar refractivity (Wildman–Crippen MR) is 54.0 cm³/mol. The number of piperidine rings is 1. The van der Waals surface area contributed by atoms with E-state index in [0.717, 1.165) is 11.2 Å². The van der Waals surface area contributed by atoms with Crippen molar-refractivity contribution in [1.29, 1.82) is 0 Å². The first kappa shape index (κ1) is 12.2. The quantitative estimate of drug-likeness (QED) is 0.547. The second-order valence-electron chi connectivity index (χ2n) is 3.68. The fourth-order valence-electron chi connectivity index (χ4n) is 1.54. The molecule has 7 nitrogen and oxygen atoms in total. The molecule has 1 rings (SSSR count). The van der Waals surface area contributed by atoms with Crippen molar-refractivity contribution in [2.75, 3.05) is 19.3 Å². The molecule has 0 saturated carbocycles. The number of carbonyl (C=O) groups is 1. The van der Waals surface area contributed by atoms with Crippen LogP contribution in [-0.2, 0) is 10.0 Å². The lowest BCUT2D eigenvalue weighted by Gasteiger charge is -2.35. The van der Waals surface area contributed by atoms with Crippen LogP contribution in [0.1, 0.15) is 6.42 Å². The maximum atomic E-state index is 11.0. The molecule has 8 heteroatoms. The SMILES string of the molecule is CS(=O)(=O)NC1CN(C(=O)O)CCC1N. The monoisotopic (exact) mass is 237 g/mol. The minimum atomic E-state index is -3.36. The molecule has 0 aromatic carbocycles. The van der Waals surface area contributed by atoms with Gasteiger partial charge in [-0.25, -0.2) is 17.9 Å². The number of amides is 1. The lowest BCUT2D eigenvalue weighted by atomic mass is 10.0. The molecule has 0 radical (unpaired) electrons. The van der Waals surface area contributed by atoms with E-state index in [1.165, 1.54) is 0 Å². The van der Waals surface area contributed by atoms with Gasteiger partial charge in [0.25, 0.3) is 0 Å². The zero-order chi connectivity index (χ0) is 11.6. The average Bonchev–Trinajstić information content (AvgIpc) is 2.06. The molecule has 2 unspecified atom stereocenters. The highest BCUT2D eigenvalue weighted by Gasteiger charge is 2.30. The Labute approximate surface area is 88.3 Å². The standard InChI is InChI=1S/C7H15N3O4S/c1-15(13,14)9-6-4-10(7(11)12)3-2-5(6)8/h5-6,9H,2-4,8H2,1H3,(H,11,12). The fraction of sp³-hybridized carbons (Fsp3) is 0.857. The third-order valence-corrected chi connectivity index (χ3v) is 3.03. The Kier molecular flexibility index (Phi) is 3.53. The van der Waals surface area contributed by atoms with Crippen LogP contribution in [0.3, 0.4) is 0 Å². The number of rotatable bonds is 2. The molecule has 1 heterocycles. The first-order valence-electron chi connectivity index (χ1n) is 4.50. The second kappa shape index (κ2) is 4.33. The van der Waals surface area contributed by atoms with Crippen molar-refractivity contribution in [2.24, 2.45) is 5.73 Å². The van der Waals surface area contributed by atoms with Crippen molar-refractivity contribution < 1.29 is 18.3 Å². The van der Waals surface area contributed by atoms with Crippen molar-refractivity contribution in [1.82, 2.24) is 9.62 Å². The van der Waals surface area contributed by atoms with E-state index in [1.807, 2.05) is 0 Å². The first-order chi connectivity index (χ1) is 6.79. The van der Waals surface area contributed by atoms with Crippen LogP contribution in [0.15, 0.2) is 0 Å². The zero-order valence-electron chi connectivity index (χ0n) is 8.38. The summed E-state index contributed by atoms with van der Waals surface area (Å²) in [6, 6.07) is -0.875. The summed E-state index contributed by atoms with van der Waals surface area (Å²) in [5.41, 5.74) is 5.70. The summed E-state index contributed by atoms with van der Waals surface area (Å²) in [5.74, 6) is 0. The van der Waals surface area contributed by atoms with Gasteiger partial charge in [0.1, 0.15) is 0 Å². The lowest BCUT2D eigenvalue weighted by Crippen LogP contribution is -2.58. The molecule has 4 N–H and O–H groups in total. The van der Waals surface area contributed by atoms with E-state index in [0.29, 0.717) is 13.0 Å². The van der Waals surface area contributed by atoms with Crippen molar-refractivity contribution in [3.63, 3.8) is 0 Å². The summed E-state index contributed by atoms with van der Waals surface area (Å²) in [6.45, 7) is 0.446. The molecule has 0 aromatic rings. The normalized spacial score (nSPS) is 27.7. The maximum Gasteiger partial charge on any atom is 0.407 e. The second-order valence-corrected chi connectivity index (χ2v) is 5.46. The van der Waals surface area contributed by atoms with E-state index in [2.05, 4.69) is 4.72 Å². The van der Waals surface area contributed by atoms with Gasteiger partial charge in [-0.05, 0) is 6.42 Å². The number of hydrogen-bond donors (Lipinski definition) is 3. The topological polar surface area (TPSA) is 113 Å². The number of nitrogens with two attached hydrogens (primary N) is 1. The van der Waals surface area contributed by atoms with Crippen LogP contribution in [0, 0.1) is 0 Å². The summed E-state index contributed by atoms with van der Waals surface area (Å²) in [4.78, 5) is 11.8. The Morgan fingerprint density at radius 1 is 1.60 bits per heavy atom. The van der Waals surface area contributed by atoms with Crippen LogP contribution in [0.5, 0.6) is 0 Å². The van der Waals surface area contributed by atoms with E-state index in [1.54, 1.807) is 0 Å². The van der Waals surface area contributed by atoms with E-state index in [-0.39, 0.29) is 12.6 Å². The van der Waals surface area contributed by atoms with E-state index in [4.69, 9.17) is 10.8 Å². The van der Waals surface area contributed by atoms with Crippen molar-refractivity contribution in [3.8, 4) is 0 Å². The Morgan fingerprint density at radius 3 is 2.67 bits per heavy atom. The molecule has 1 saturated heterocycles. The summed E-state index contributed by atoms with van der Waals surface area (Å²) in [5, 5.41) is 8.75. The fourth-order valence-corrected chi connectivity index (χ4v) is 2.34. The molecule has 2 atom stereocenters. The van der Waals surface area contributed by atoms with E-state index in [9.17, 15) is 13.2 Å². The molecular formula is C7H15N3O4S. The Bertz CT molecular complexity index is 342. The van der Waals surface area contributed by atoms with Crippen molar-refractivity contribution >= 4 is 16.1 Å². The van der Waals surface area contributed by atoms with Gasteiger partial charge in [0.15, 0.2) is 0 Å². The van der Waals surface area contributed by atoms with Gasteiger partial charge in [-0.15, -0.1) is 0 Å². The Hall–Kier alpha value is -0.860. The maximum absolute atomic E-state index is 11.0. The Morgan fingerprint density at radius 2 is 2.20 bits per heavy atom. The van der Waals surface area contributed by atoms with Crippen LogP contribution >= 0.6 is 0 Å². The van der Waals surface area contributed by atoms with Crippen molar-refractivity contribution in [2.45, 2.75) is 18.5 Å². The number of nitrogens with one attached hydrogen (secondary N) is 1. The van der Waals surface area contributed by atoms with Crippen LogP contribution in [0.2, 0.25) is 0 Å². The molecule has 1 amide bonds. The molecule has 15 heavy (non-hydrogen) atoms. The molecule has 0 spiro atoms. The molecule has 1 aliphatic heterocycles. The largest absolute Gasteiger partial charge is 0.465 e. The minimum absolute atomic E-state index is 0.101. The first-order valence-corrected chi connectivity index (χ1v) is 6.39. The Balaban J connectivity index is 2.66. The van der Waals surface area contributed by atoms with Gasteiger partial charge in [-0.2, -0.15) is 0 Å². The minimum Gasteiger partial charge on any atom is -0.465 e. The van der Waals surface area contributed by atoms with Crippen molar-refractivity contribution in [3.05, 3.63) is 0 Å². The molecule has 0 bridgehead atoms. The summed E-state index contributed by atoms with van der Waals surface area (Å²) >= 11 is 0. The average molecular weight is 237 g/mol. The number of sulfonamides is 1. The van der Waals surface area contributed by atoms with Gasteiger partial charge in [-0.1, -0.05) is 0 Å². The summed E-state index contributed by atoms with van der Waals surface area (Å²) in [7, 11) is -3.36. The third-order valence-electron chi connectivity index (χ3n) is 2.30.